The summed E-state index contributed by atoms with van der Waals surface area (Å²) in [5.74, 6) is 1.93. The average Bonchev–Trinajstić information content (AvgIpc) is 2.68. The van der Waals surface area contributed by atoms with Crippen LogP contribution < -0.4 is 9.80 Å². The number of amides is 1. The van der Waals surface area contributed by atoms with E-state index >= 15 is 0 Å². The molecule has 0 bridgehead atoms. The predicted octanol–water partition coefficient (Wildman–Crippen LogP) is 1.32. The summed E-state index contributed by atoms with van der Waals surface area (Å²) < 4.78 is 0. The van der Waals surface area contributed by atoms with E-state index in [1.165, 1.54) is 11.1 Å². The third-order valence-electron chi connectivity index (χ3n) is 4.88. The maximum Gasteiger partial charge on any atom is 0.209 e. The van der Waals surface area contributed by atoms with Gasteiger partial charge >= 0.3 is 0 Å². The van der Waals surface area contributed by atoms with Crippen LogP contribution in [0.1, 0.15) is 11.1 Å². The number of piperazine rings is 1. The van der Waals surface area contributed by atoms with Crippen molar-refractivity contribution in [1.29, 1.82) is 0 Å². The zero-order chi connectivity index (χ0) is 16.4. The molecule has 0 unspecified atom stereocenters. The molecule has 0 saturated carbocycles. The lowest BCUT2D eigenvalue weighted by Gasteiger charge is -2.34. The number of nitrogens with zero attached hydrogens (tertiary/aromatic N) is 5. The third-order valence-corrected chi connectivity index (χ3v) is 4.88. The Hall–Kier alpha value is -2.63. The van der Waals surface area contributed by atoms with Gasteiger partial charge in [-0.2, -0.15) is 0 Å². The molecule has 0 aliphatic carbocycles. The summed E-state index contributed by atoms with van der Waals surface area (Å²) in [4.78, 5) is 26.1. The molecule has 0 radical (unpaired) electrons. The first kappa shape index (κ1) is 14.9. The van der Waals surface area contributed by atoms with Crippen molar-refractivity contribution in [3.63, 3.8) is 0 Å². The number of anilines is 2. The largest absolute Gasteiger partial charge is 0.353 e. The zero-order valence-electron chi connectivity index (χ0n) is 13.6. The highest BCUT2D eigenvalue weighted by Crippen LogP contribution is 2.25. The van der Waals surface area contributed by atoms with Gasteiger partial charge in [0.1, 0.15) is 18.0 Å². The number of carbonyl (C=O) groups excluding carboxylic acids is 1. The molecule has 1 saturated heterocycles. The monoisotopic (exact) mass is 323 g/mol. The molecule has 6 heteroatoms. The standard InChI is InChI=1S/C18H21N5O/c24-14-21-7-9-22(10-8-21)17-11-18(20-13-19-17)23-6-5-15-3-1-2-4-16(15)12-23/h1-4,11,13-14H,5-10,12H2. The van der Waals surface area contributed by atoms with Gasteiger partial charge in [0.2, 0.25) is 6.41 Å². The topological polar surface area (TPSA) is 52.6 Å². The zero-order valence-corrected chi connectivity index (χ0v) is 13.6. The van der Waals surface area contributed by atoms with Crippen LogP contribution >= 0.6 is 0 Å². The van der Waals surface area contributed by atoms with Crippen molar-refractivity contribution in [2.45, 2.75) is 13.0 Å². The fourth-order valence-corrected chi connectivity index (χ4v) is 3.43. The van der Waals surface area contributed by atoms with E-state index in [-0.39, 0.29) is 0 Å². The quantitative estimate of drug-likeness (QED) is 0.798. The Kier molecular flexibility index (Phi) is 4.02. The van der Waals surface area contributed by atoms with Gasteiger partial charge in [0.25, 0.3) is 0 Å². The van der Waals surface area contributed by atoms with Crippen LogP contribution in [0.3, 0.4) is 0 Å². The molecule has 124 valence electrons. The van der Waals surface area contributed by atoms with Crippen LogP contribution in [0.25, 0.3) is 0 Å². The van der Waals surface area contributed by atoms with Crippen molar-refractivity contribution >= 4 is 18.0 Å². The Bertz CT molecular complexity index is 727. The summed E-state index contributed by atoms with van der Waals surface area (Å²) >= 11 is 0. The smallest absolute Gasteiger partial charge is 0.209 e. The predicted molar refractivity (Wildman–Crippen MR) is 93.1 cm³/mol. The molecule has 6 nitrogen and oxygen atoms in total. The van der Waals surface area contributed by atoms with E-state index in [9.17, 15) is 4.79 Å². The SMILES string of the molecule is O=CN1CCN(c2cc(N3CCc4ccccc4C3)ncn2)CC1. The molecule has 3 heterocycles. The van der Waals surface area contributed by atoms with Crippen molar-refractivity contribution in [2.24, 2.45) is 0 Å². The van der Waals surface area contributed by atoms with Crippen LogP contribution in [-0.2, 0) is 17.8 Å². The summed E-state index contributed by atoms with van der Waals surface area (Å²) in [5.41, 5.74) is 2.82. The Morgan fingerprint density at radius 2 is 1.58 bits per heavy atom. The number of hydrogen-bond donors (Lipinski definition) is 0. The molecule has 4 rings (SSSR count). The van der Waals surface area contributed by atoms with Crippen LogP contribution in [-0.4, -0.2) is 54.0 Å². The second kappa shape index (κ2) is 6.47. The molecule has 0 atom stereocenters. The lowest BCUT2D eigenvalue weighted by atomic mass is 10.00. The third kappa shape index (κ3) is 2.91. The maximum atomic E-state index is 10.8. The molecule has 0 spiro atoms. The Morgan fingerprint density at radius 3 is 2.33 bits per heavy atom. The summed E-state index contributed by atoms with van der Waals surface area (Å²) in [6.07, 6.45) is 3.62. The second-order valence-corrected chi connectivity index (χ2v) is 6.30. The minimum atomic E-state index is 0.750. The van der Waals surface area contributed by atoms with E-state index in [1.54, 1.807) is 11.2 Å². The van der Waals surface area contributed by atoms with Crippen molar-refractivity contribution < 1.29 is 4.79 Å². The molecule has 1 amide bonds. The number of fused-ring (bicyclic) bond motifs is 1. The van der Waals surface area contributed by atoms with E-state index in [0.717, 1.165) is 63.7 Å². The number of hydrogen-bond acceptors (Lipinski definition) is 5. The molecule has 0 N–H and O–H groups in total. The molecule has 1 fully saturated rings. The molecule has 1 aromatic heterocycles. The molecule has 2 aliphatic rings. The van der Waals surface area contributed by atoms with Gasteiger partial charge in [-0.25, -0.2) is 9.97 Å². The summed E-state index contributed by atoms with van der Waals surface area (Å²) in [6, 6.07) is 10.7. The molecular formula is C18H21N5O. The normalized spacial score (nSPS) is 17.6. The minimum absolute atomic E-state index is 0.750. The van der Waals surface area contributed by atoms with Gasteiger partial charge < -0.3 is 14.7 Å². The van der Waals surface area contributed by atoms with Gasteiger partial charge in [-0.15, -0.1) is 0 Å². The first-order chi connectivity index (χ1) is 11.8. The van der Waals surface area contributed by atoms with E-state index in [0.29, 0.717) is 0 Å². The Morgan fingerprint density at radius 1 is 0.875 bits per heavy atom. The van der Waals surface area contributed by atoms with E-state index in [4.69, 9.17) is 0 Å². The van der Waals surface area contributed by atoms with Crippen molar-refractivity contribution in [1.82, 2.24) is 14.9 Å². The lowest BCUT2D eigenvalue weighted by Crippen LogP contribution is -2.46. The van der Waals surface area contributed by atoms with Crippen LogP contribution in [0.2, 0.25) is 0 Å². The van der Waals surface area contributed by atoms with Crippen molar-refractivity contribution in [3.8, 4) is 0 Å². The first-order valence-corrected chi connectivity index (χ1v) is 8.41. The van der Waals surface area contributed by atoms with E-state index in [2.05, 4.69) is 50.1 Å². The highest BCUT2D eigenvalue weighted by molar-refractivity contribution is 5.53. The highest BCUT2D eigenvalue weighted by Gasteiger charge is 2.20. The summed E-state index contributed by atoms with van der Waals surface area (Å²) in [6.45, 7) is 5.01. The van der Waals surface area contributed by atoms with Crippen LogP contribution in [0, 0.1) is 0 Å². The van der Waals surface area contributed by atoms with Crippen molar-refractivity contribution in [3.05, 3.63) is 47.8 Å². The minimum Gasteiger partial charge on any atom is -0.353 e. The average molecular weight is 323 g/mol. The molecule has 2 aliphatic heterocycles. The second-order valence-electron chi connectivity index (χ2n) is 6.30. The highest BCUT2D eigenvalue weighted by atomic mass is 16.1. The van der Waals surface area contributed by atoms with Gasteiger partial charge in [0, 0.05) is 45.3 Å². The van der Waals surface area contributed by atoms with Gasteiger partial charge in [0.05, 0.1) is 0 Å². The fraction of sp³-hybridized carbons (Fsp3) is 0.389. The number of aromatic nitrogens is 2. The van der Waals surface area contributed by atoms with E-state index in [1.807, 2.05) is 0 Å². The molecule has 2 aromatic rings. The van der Waals surface area contributed by atoms with Crippen LogP contribution in [0.4, 0.5) is 11.6 Å². The molecular weight excluding hydrogens is 302 g/mol. The number of benzene rings is 1. The van der Waals surface area contributed by atoms with Crippen LogP contribution in [0.5, 0.6) is 0 Å². The Balaban J connectivity index is 1.50. The lowest BCUT2D eigenvalue weighted by molar-refractivity contribution is -0.118. The first-order valence-electron chi connectivity index (χ1n) is 8.41. The summed E-state index contributed by atoms with van der Waals surface area (Å²) in [5, 5.41) is 0. The number of rotatable bonds is 3. The summed E-state index contributed by atoms with van der Waals surface area (Å²) in [7, 11) is 0. The molecule has 24 heavy (non-hydrogen) atoms. The molecule has 1 aromatic carbocycles. The maximum absolute atomic E-state index is 10.8. The van der Waals surface area contributed by atoms with Gasteiger partial charge in [-0.05, 0) is 17.5 Å². The van der Waals surface area contributed by atoms with Gasteiger partial charge in [-0.3, -0.25) is 4.79 Å². The van der Waals surface area contributed by atoms with Gasteiger partial charge in [-0.1, -0.05) is 24.3 Å². The number of carbonyl (C=O) groups is 1. The van der Waals surface area contributed by atoms with Crippen LogP contribution in [0.15, 0.2) is 36.7 Å². The van der Waals surface area contributed by atoms with E-state index < -0.39 is 0 Å². The fourth-order valence-electron chi connectivity index (χ4n) is 3.43. The van der Waals surface area contributed by atoms with Gasteiger partial charge in [0.15, 0.2) is 0 Å². The van der Waals surface area contributed by atoms with Crippen molar-refractivity contribution in [2.75, 3.05) is 42.5 Å². The Labute approximate surface area is 141 Å².